The Hall–Kier alpha value is -3.22. The second kappa shape index (κ2) is 8.88. The average molecular weight is 438 g/mol. The van der Waals surface area contributed by atoms with Crippen LogP contribution in [0.1, 0.15) is 12.8 Å². The molecule has 31 heavy (non-hydrogen) atoms. The molecule has 1 aliphatic heterocycles. The number of aliphatic hydroxyl groups is 1. The van der Waals surface area contributed by atoms with Crippen LogP contribution >= 0.6 is 0 Å². The maximum Gasteiger partial charge on any atom is 0.180 e. The van der Waals surface area contributed by atoms with Gasteiger partial charge in [-0.3, -0.25) is 0 Å². The van der Waals surface area contributed by atoms with Crippen molar-refractivity contribution in [2.24, 2.45) is 5.92 Å². The molecular weight excluding hydrogens is 414 g/mol. The molecule has 1 aliphatic rings. The van der Waals surface area contributed by atoms with Gasteiger partial charge in [-0.25, -0.2) is 18.4 Å². The molecule has 0 amide bonds. The Morgan fingerprint density at radius 2 is 1.90 bits per heavy atom. The van der Waals surface area contributed by atoms with Crippen LogP contribution in [-0.2, 0) is 9.84 Å². The van der Waals surface area contributed by atoms with Crippen molar-refractivity contribution in [1.29, 1.82) is 5.26 Å². The van der Waals surface area contributed by atoms with E-state index in [-0.39, 0.29) is 16.6 Å². The lowest BCUT2D eigenvalue weighted by atomic mass is 9.98. The first-order chi connectivity index (χ1) is 15.0. The van der Waals surface area contributed by atoms with E-state index in [4.69, 9.17) is 10.4 Å². The van der Waals surface area contributed by atoms with Crippen LogP contribution in [0, 0.1) is 17.2 Å². The average Bonchev–Trinajstić information content (AvgIpc) is 2.79. The van der Waals surface area contributed by atoms with Gasteiger partial charge in [-0.1, -0.05) is 0 Å². The number of hydrogen-bond donors (Lipinski definition) is 2. The quantitative estimate of drug-likeness (QED) is 0.604. The van der Waals surface area contributed by atoms with Gasteiger partial charge >= 0.3 is 0 Å². The van der Waals surface area contributed by atoms with Gasteiger partial charge in [0.25, 0.3) is 0 Å². The number of pyridine rings is 2. The molecule has 160 valence electrons. The number of aliphatic hydroxyl groups excluding tert-OH is 1. The van der Waals surface area contributed by atoms with Crippen LogP contribution in [0.5, 0.6) is 0 Å². The molecule has 3 aromatic rings. The van der Waals surface area contributed by atoms with E-state index in [1.807, 2.05) is 12.1 Å². The van der Waals surface area contributed by atoms with Crippen molar-refractivity contribution in [3.05, 3.63) is 48.8 Å². The van der Waals surface area contributed by atoms with Crippen molar-refractivity contribution in [1.82, 2.24) is 9.97 Å². The van der Waals surface area contributed by atoms with Gasteiger partial charge in [0.15, 0.2) is 9.84 Å². The Labute approximate surface area is 181 Å². The summed E-state index contributed by atoms with van der Waals surface area (Å²) in [5.41, 5.74) is 0.704. The topological polar surface area (TPSA) is 119 Å². The molecule has 9 heteroatoms. The fourth-order valence-corrected chi connectivity index (χ4v) is 4.75. The summed E-state index contributed by atoms with van der Waals surface area (Å²) >= 11 is 0. The van der Waals surface area contributed by atoms with Gasteiger partial charge in [0.1, 0.15) is 11.6 Å². The van der Waals surface area contributed by atoms with E-state index < -0.39 is 16.4 Å². The van der Waals surface area contributed by atoms with Gasteiger partial charge in [0.2, 0.25) is 0 Å². The van der Waals surface area contributed by atoms with E-state index in [0.29, 0.717) is 11.5 Å². The van der Waals surface area contributed by atoms with Gasteiger partial charge in [0, 0.05) is 47.9 Å². The summed E-state index contributed by atoms with van der Waals surface area (Å²) in [7, 11) is -3.48. The zero-order valence-electron chi connectivity index (χ0n) is 16.9. The number of nitrogens with one attached hydrogen (secondary N) is 1. The lowest BCUT2D eigenvalue weighted by molar-refractivity contribution is 0.319. The molecule has 1 saturated heterocycles. The van der Waals surface area contributed by atoms with Crippen LogP contribution in [0.2, 0.25) is 0 Å². The lowest BCUT2D eigenvalue weighted by Crippen LogP contribution is -2.33. The number of benzene rings is 1. The van der Waals surface area contributed by atoms with E-state index in [0.717, 1.165) is 42.5 Å². The molecule has 0 saturated carbocycles. The van der Waals surface area contributed by atoms with Crippen molar-refractivity contribution in [3.8, 4) is 6.07 Å². The Morgan fingerprint density at radius 1 is 1.16 bits per heavy atom. The molecule has 0 aliphatic carbocycles. The first-order valence-electron chi connectivity index (χ1n) is 10.1. The Morgan fingerprint density at radius 3 is 2.58 bits per heavy atom. The maximum absolute atomic E-state index is 12.1. The fraction of sp³-hybridized carbons (Fsp3) is 0.318. The van der Waals surface area contributed by atoms with Crippen LogP contribution in [-0.4, -0.2) is 48.9 Å². The summed E-state index contributed by atoms with van der Waals surface area (Å²) in [4.78, 5) is 11.4. The zero-order chi connectivity index (χ0) is 21.8. The first kappa shape index (κ1) is 21.0. The maximum atomic E-state index is 12.1. The standard InChI is InChI=1S/C22H23N5O3S/c23-14-16-6-9-27(10-7-16)22-20-13-21(25-15-17(20)5-8-24-22)26-18-1-3-19(4-2-18)31(29,30)12-11-28/h1-5,8,13,15-16,28H,6-7,9-12H2,(H,25,26). The van der Waals surface area contributed by atoms with E-state index in [1.54, 1.807) is 24.5 Å². The van der Waals surface area contributed by atoms with Crippen LogP contribution in [0.4, 0.5) is 17.3 Å². The molecule has 4 rings (SSSR count). The zero-order valence-corrected chi connectivity index (χ0v) is 17.7. The molecule has 2 aromatic heterocycles. The number of piperidine rings is 1. The summed E-state index contributed by atoms with van der Waals surface area (Å²) in [6.07, 6.45) is 5.21. The monoisotopic (exact) mass is 437 g/mol. The summed E-state index contributed by atoms with van der Waals surface area (Å²) in [5, 5.41) is 23.2. The number of rotatable bonds is 6. The minimum atomic E-state index is -3.48. The molecule has 2 N–H and O–H groups in total. The number of fused-ring (bicyclic) bond motifs is 1. The van der Waals surface area contributed by atoms with Crippen molar-refractivity contribution in [2.45, 2.75) is 17.7 Å². The molecule has 0 unspecified atom stereocenters. The Kier molecular flexibility index (Phi) is 6.02. The van der Waals surface area contributed by atoms with Crippen LogP contribution < -0.4 is 10.2 Å². The highest BCUT2D eigenvalue weighted by atomic mass is 32.2. The second-order valence-electron chi connectivity index (χ2n) is 7.51. The molecule has 3 heterocycles. The molecule has 1 aromatic carbocycles. The molecule has 8 nitrogen and oxygen atoms in total. The minimum Gasteiger partial charge on any atom is -0.395 e. The first-order valence-corrected chi connectivity index (χ1v) is 11.8. The van der Waals surface area contributed by atoms with Gasteiger partial charge in [-0.2, -0.15) is 5.26 Å². The van der Waals surface area contributed by atoms with Gasteiger partial charge in [-0.15, -0.1) is 0 Å². The normalized spacial score (nSPS) is 15.0. The summed E-state index contributed by atoms with van der Waals surface area (Å²) < 4.78 is 24.1. The van der Waals surface area contributed by atoms with Crippen LogP contribution in [0.3, 0.4) is 0 Å². The summed E-state index contributed by atoms with van der Waals surface area (Å²) in [6, 6.07) is 12.6. The summed E-state index contributed by atoms with van der Waals surface area (Å²) in [6.45, 7) is 1.17. The highest BCUT2D eigenvalue weighted by Gasteiger charge is 2.21. The van der Waals surface area contributed by atoms with Crippen molar-refractivity contribution in [3.63, 3.8) is 0 Å². The number of aromatic nitrogens is 2. The third kappa shape index (κ3) is 4.60. The van der Waals surface area contributed by atoms with E-state index >= 15 is 0 Å². The lowest BCUT2D eigenvalue weighted by Gasteiger charge is -2.30. The highest BCUT2D eigenvalue weighted by molar-refractivity contribution is 7.91. The smallest absolute Gasteiger partial charge is 0.180 e. The number of sulfone groups is 1. The Bertz CT molecular complexity index is 1210. The van der Waals surface area contributed by atoms with E-state index in [9.17, 15) is 8.42 Å². The van der Waals surface area contributed by atoms with Crippen LogP contribution in [0.25, 0.3) is 10.8 Å². The van der Waals surface area contributed by atoms with Crippen molar-refractivity contribution >= 4 is 37.9 Å². The van der Waals surface area contributed by atoms with Crippen molar-refractivity contribution < 1.29 is 13.5 Å². The molecule has 0 bridgehead atoms. The minimum absolute atomic E-state index is 0.106. The largest absolute Gasteiger partial charge is 0.395 e. The van der Waals surface area contributed by atoms with E-state index in [2.05, 4.69) is 26.3 Å². The fourth-order valence-electron chi connectivity index (χ4n) is 3.72. The van der Waals surface area contributed by atoms with Gasteiger partial charge in [-0.05, 0) is 49.2 Å². The second-order valence-corrected chi connectivity index (χ2v) is 9.62. The van der Waals surface area contributed by atoms with Gasteiger partial charge < -0.3 is 15.3 Å². The third-order valence-corrected chi connectivity index (χ3v) is 7.16. The van der Waals surface area contributed by atoms with Crippen molar-refractivity contribution in [2.75, 3.05) is 35.7 Å². The summed E-state index contributed by atoms with van der Waals surface area (Å²) in [5.74, 6) is 1.31. The number of nitriles is 1. The van der Waals surface area contributed by atoms with Gasteiger partial charge in [0.05, 0.1) is 23.3 Å². The predicted octanol–water partition coefficient (Wildman–Crippen LogP) is 2.88. The van der Waals surface area contributed by atoms with Crippen LogP contribution in [0.15, 0.2) is 53.7 Å². The number of anilines is 3. The third-order valence-electron chi connectivity index (χ3n) is 5.45. The SMILES string of the molecule is N#CC1CCN(c2nccc3cnc(Nc4ccc(S(=O)(=O)CCO)cc4)cc23)CC1. The molecule has 0 atom stereocenters. The molecule has 0 spiro atoms. The number of nitrogens with zero attached hydrogens (tertiary/aromatic N) is 4. The molecule has 0 radical (unpaired) electrons. The van der Waals surface area contributed by atoms with E-state index in [1.165, 1.54) is 12.1 Å². The molecule has 1 fully saturated rings. The predicted molar refractivity (Wildman–Crippen MR) is 119 cm³/mol. The Balaban J connectivity index is 1.57. The highest BCUT2D eigenvalue weighted by Crippen LogP contribution is 2.30. The number of hydrogen-bond acceptors (Lipinski definition) is 8. The molecular formula is C22H23N5O3S.